The number of nitrogens with zero attached hydrogens (tertiary/aromatic N) is 3. The zero-order valence-corrected chi connectivity index (χ0v) is 20.6. The summed E-state index contributed by atoms with van der Waals surface area (Å²) in [6.45, 7) is 1.62. The Morgan fingerprint density at radius 2 is 1.50 bits per heavy atom. The van der Waals surface area contributed by atoms with Gasteiger partial charge in [0, 0.05) is 55.5 Å². The van der Waals surface area contributed by atoms with Gasteiger partial charge in [-0.25, -0.2) is 4.98 Å². The molecule has 0 radical (unpaired) electrons. The smallest absolute Gasteiger partial charge is 0.303 e. The Balaban J connectivity index is 1.58. The maximum atomic E-state index is 13.3. The van der Waals surface area contributed by atoms with Crippen LogP contribution in [-0.4, -0.2) is 46.7 Å². The quantitative estimate of drug-likeness (QED) is 0.426. The molecule has 2 aliphatic rings. The number of aromatic nitrogens is 1. The fourth-order valence-electron chi connectivity index (χ4n) is 4.36. The molecule has 4 N–H and O–H groups in total. The van der Waals surface area contributed by atoms with Gasteiger partial charge in [-0.1, -0.05) is 18.9 Å². The number of aliphatic carboxylic acids is 1. The number of nitrogens with one attached hydrogen (secondary N) is 3. The molecular formula is C27H34N6O3. The molecular weight excluding hydrogens is 456 g/mol. The van der Waals surface area contributed by atoms with Crippen molar-refractivity contribution in [1.29, 1.82) is 0 Å². The number of carboxylic acid groups (broad SMARTS) is 1. The summed E-state index contributed by atoms with van der Waals surface area (Å²) < 4.78 is 0. The summed E-state index contributed by atoms with van der Waals surface area (Å²) in [7, 11) is 0. The lowest BCUT2D eigenvalue weighted by Gasteiger charge is -2.15. The molecule has 0 fully saturated rings. The second-order valence-electron chi connectivity index (χ2n) is 9.19. The number of hydrogen-bond acceptors (Lipinski definition) is 7. The van der Waals surface area contributed by atoms with E-state index in [1.807, 2.05) is 18.2 Å². The Hall–Kier alpha value is -3.75. The van der Waals surface area contributed by atoms with Crippen LogP contribution in [0.3, 0.4) is 0 Å². The van der Waals surface area contributed by atoms with Crippen molar-refractivity contribution < 1.29 is 14.7 Å². The molecule has 0 spiro atoms. The topological polar surface area (TPSA) is 128 Å². The predicted octanol–water partition coefficient (Wildman–Crippen LogP) is 5.12. The van der Waals surface area contributed by atoms with E-state index in [4.69, 9.17) is 5.11 Å². The Morgan fingerprint density at radius 1 is 0.861 bits per heavy atom. The van der Waals surface area contributed by atoms with Crippen LogP contribution >= 0.6 is 0 Å². The van der Waals surface area contributed by atoms with E-state index in [-0.39, 0.29) is 18.7 Å². The first-order valence-corrected chi connectivity index (χ1v) is 12.8. The van der Waals surface area contributed by atoms with Crippen molar-refractivity contribution in [3.05, 3.63) is 47.7 Å². The van der Waals surface area contributed by atoms with E-state index in [9.17, 15) is 9.59 Å². The number of aliphatic imine (C=N–C) groups is 2. The van der Waals surface area contributed by atoms with Gasteiger partial charge < -0.3 is 21.1 Å². The fraction of sp³-hybridized carbons (Fsp3) is 0.444. The van der Waals surface area contributed by atoms with Crippen molar-refractivity contribution in [3.63, 3.8) is 0 Å². The molecule has 9 nitrogen and oxygen atoms in total. The lowest BCUT2D eigenvalue weighted by molar-refractivity contribution is -0.136. The van der Waals surface area contributed by atoms with Gasteiger partial charge in [-0.3, -0.25) is 19.6 Å². The molecule has 0 aliphatic carbocycles. The molecule has 1 aromatic carbocycles. The molecule has 0 bridgehead atoms. The summed E-state index contributed by atoms with van der Waals surface area (Å²) in [5, 5.41) is 18.8. The monoisotopic (exact) mass is 490 g/mol. The van der Waals surface area contributed by atoms with Crippen LogP contribution in [0.2, 0.25) is 0 Å². The molecule has 0 saturated carbocycles. The number of hydrogen-bond donors (Lipinski definition) is 4. The van der Waals surface area contributed by atoms with Gasteiger partial charge in [0.05, 0.1) is 0 Å². The fourth-order valence-corrected chi connectivity index (χ4v) is 4.36. The maximum absolute atomic E-state index is 13.3. The van der Waals surface area contributed by atoms with E-state index in [2.05, 4.69) is 30.9 Å². The van der Waals surface area contributed by atoms with Crippen molar-refractivity contribution >= 4 is 40.7 Å². The van der Waals surface area contributed by atoms with E-state index >= 15 is 0 Å². The van der Waals surface area contributed by atoms with Gasteiger partial charge in [-0.15, -0.1) is 0 Å². The van der Waals surface area contributed by atoms with Gasteiger partial charge in [-0.05, 0) is 61.9 Å². The second-order valence-corrected chi connectivity index (χ2v) is 9.19. The first-order chi connectivity index (χ1) is 17.6. The number of anilines is 3. The summed E-state index contributed by atoms with van der Waals surface area (Å²) in [5.74, 6) is 1.03. The molecule has 1 aromatic heterocycles. The number of pyridine rings is 1. The number of carbonyl (C=O) groups excluding carboxylic acids is 1. The lowest BCUT2D eigenvalue weighted by Crippen LogP contribution is -2.18. The standard InChI is InChI=1S/C27H34N6O3/c34-25(35)12-11-19-8-7-15-30-26(19)33-27(36)20-16-21(31-23-9-3-1-5-13-28-23)18-22(17-20)32-24-10-4-2-6-14-29-24/h7-8,15-18H,1-6,9-14H2,(H,28,31)(H,29,32)(H,34,35)(H,30,33,36). The largest absolute Gasteiger partial charge is 0.481 e. The number of aryl methyl sites for hydroxylation is 1. The number of benzene rings is 1. The van der Waals surface area contributed by atoms with Gasteiger partial charge in [0.25, 0.3) is 5.91 Å². The summed E-state index contributed by atoms with van der Waals surface area (Å²) in [5.41, 5.74) is 2.71. The lowest BCUT2D eigenvalue weighted by atomic mass is 10.1. The van der Waals surface area contributed by atoms with Gasteiger partial charge in [-0.2, -0.15) is 0 Å². The van der Waals surface area contributed by atoms with Crippen molar-refractivity contribution in [2.75, 3.05) is 29.0 Å². The van der Waals surface area contributed by atoms with Crippen LogP contribution in [-0.2, 0) is 11.2 Å². The minimum absolute atomic E-state index is 0.0355. The number of amidine groups is 2. The first-order valence-electron chi connectivity index (χ1n) is 12.8. The van der Waals surface area contributed by atoms with Gasteiger partial charge in [0.2, 0.25) is 0 Å². The van der Waals surface area contributed by atoms with Crippen LogP contribution in [0.1, 0.15) is 73.7 Å². The molecule has 2 aliphatic heterocycles. The van der Waals surface area contributed by atoms with Crippen LogP contribution < -0.4 is 16.0 Å². The Bertz CT molecular complexity index is 1100. The minimum Gasteiger partial charge on any atom is -0.481 e. The van der Waals surface area contributed by atoms with Crippen molar-refractivity contribution in [2.45, 2.75) is 64.2 Å². The highest BCUT2D eigenvalue weighted by Gasteiger charge is 2.15. The van der Waals surface area contributed by atoms with Crippen molar-refractivity contribution in [1.82, 2.24) is 4.98 Å². The molecule has 9 heteroatoms. The zero-order valence-electron chi connectivity index (χ0n) is 20.6. The summed E-state index contributed by atoms with van der Waals surface area (Å²) in [4.78, 5) is 38.0. The molecule has 4 rings (SSSR count). The van der Waals surface area contributed by atoms with Crippen molar-refractivity contribution in [3.8, 4) is 0 Å². The van der Waals surface area contributed by atoms with Crippen LogP contribution in [0.25, 0.3) is 0 Å². The third-order valence-corrected chi connectivity index (χ3v) is 6.25. The van der Waals surface area contributed by atoms with E-state index in [1.165, 1.54) is 0 Å². The summed E-state index contributed by atoms with van der Waals surface area (Å²) >= 11 is 0. The third-order valence-electron chi connectivity index (χ3n) is 6.25. The highest BCUT2D eigenvalue weighted by atomic mass is 16.4. The average Bonchev–Trinajstić information content (AvgIpc) is 3.28. The SMILES string of the molecule is O=C(O)CCc1cccnc1NC(=O)c1cc(NC2=NCCCCC2)cc(NC2=NCCCCC2)c1. The van der Waals surface area contributed by atoms with E-state index in [0.717, 1.165) is 87.5 Å². The van der Waals surface area contributed by atoms with E-state index in [0.29, 0.717) is 16.9 Å². The van der Waals surface area contributed by atoms with Gasteiger partial charge >= 0.3 is 5.97 Å². The van der Waals surface area contributed by atoms with Crippen LogP contribution in [0.5, 0.6) is 0 Å². The molecule has 3 heterocycles. The number of rotatable bonds is 7. The van der Waals surface area contributed by atoms with Crippen LogP contribution in [0, 0.1) is 0 Å². The van der Waals surface area contributed by atoms with Gasteiger partial charge in [0.15, 0.2) is 0 Å². The molecule has 2 aromatic rings. The molecule has 0 atom stereocenters. The van der Waals surface area contributed by atoms with Gasteiger partial charge in [0.1, 0.15) is 17.5 Å². The number of amides is 1. The van der Waals surface area contributed by atoms with Crippen molar-refractivity contribution in [2.24, 2.45) is 9.98 Å². The molecule has 0 saturated heterocycles. The predicted molar refractivity (Wildman–Crippen MR) is 143 cm³/mol. The Kier molecular flexibility index (Phi) is 9.02. The molecule has 36 heavy (non-hydrogen) atoms. The average molecular weight is 491 g/mol. The number of carboxylic acids is 1. The summed E-state index contributed by atoms with van der Waals surface area (Å²) in [6.07, 6.45) is 10.3. The second kappa shape index (κ2) is 12.8. The van der Waals surface area contributed by atoms with E-state index < -0.39 is 5.97 Å². The van der Waals surface area contributed by atoms with E-state index in [1.54, 1.807) is 18.3 Å². The Morgan fingerprint density at radius 3 is 2.11 bits per heavy atom. The van der Waals surface area contributed by atoms with Crippen LogP contribution in [0.4, 0.5) is 17.2 Å². The zero-order chi connectivity index (χ0) is 25.2. The summed E-state index contributed by atoms with van der Waals surface area (Å²) in [6, 6.07) is 9.12. The normalized spacial score (nSPS) is 16.1. The maximum Gasteiger partial charge on any atom is 0.303 e. The number of carbonyl (C=O) groups is 2. The molecule has 0 unspecified atom stereocenters. The Labute approximate surface area is 211 Å². The molecule has 190 valence electrons. The minimum atomic E-state index is -0.895. The first kappa shape index (κ1) is 25.3. The van der Waals surface area contributed by atoms with Crippen LogP contribution in [0.15, 0.2) is 46.5 Å². The third kappa shape index (κ3) is 7.63. The highest BCUT2D eigenvalue weighted by molar-refractivity contribution is 6.07. The molecule has 1 amide bonds. The highest BCUT2D eigenvalue weighted by Crippen LogP contribution is 2.23.